The Morgan fingerprint density at radius 3 is 2.27 bits per heavy atom. The lowest BCUT2D eigenvalue weighted by Crippen LogP contribution is -2.38. The van der Waals surface area contributed by atoms with E-state index in [2.05, 4.69) is 10.2 Å². The van der Waals surface area contributed by atoms with Gasteiger partial charge in [-0.1, -0.05) is 36.4 Å². The number of ether oxygens (including phenoxy) is 1. The molecule has 14 heteroatoms. The van der Waals surface area contributed by atoms with Gasteiger partial charge in [0.25, 0.3) is 5.56 Å². The summed E-state index contributed by atoms with van der Waals surface area (Å²) in [5.74, 6) is -2.18. The number of fused-ring (bicyclic) bond motifs is 1. The topological polar surface area (TPSA) is 194 Å². The molecule has 0 unspecified atom stereocenters. The number of hydrogen-bond acceptors (Lipinski definition) is 10. The second-order valence-corrected chi connectivity index (χ2v) is 9.95. The number of carbonyl (C=O) groups is 2. The van der Waals surface area contributed by atoms with Gasteiger partial charge in [-0.05, 0) is 25.5 Å². The zero-order valence-electron chi connectivity index (χ0n) is 25.2. The van der Waals surface area contributed by atoms with Gasteiger partial charge in [0, 0.05) is 57.5 Å². The second kappa shape index (κ2) is 16.0. The van der Waals surface area contributed by atoms with Crippen molar-refractivity contribution in [3.8, 4) is 17.1 Å². The summed E-state index contributed by atoms with van der Waals surface area (Å²) in [6.45, 7) is 4.31. The van der Waals surface area contributed by atoms with Crippen LogP contribution in [-0.4, -0.2) is 80.7 Å². The number of carboxylic acid groups (broad SMARTS) is 2. The highest BCUT2D eigenvalue weighted by Crippen LogP contribution is 2.29. The van der Waals surface area contributed by atoms with Gasteiger partial charge in [0.05, 0.1) is 13.2 Å². The summed E-state index contributed by atoms with van der Waals surface area (Å²) in [6, 6.07) is 16.3. The first-order valence-corrected chi connectivity index (χ1v) is 14.0. The fraction of sp³-hybridized carbons (Fsp3) is 0.323. The molecule has 45 heavy (non-hydrogen) atoms. The summed E-state index contributed by atoms with van der Waals surface area (Å²) in [5.41, 5.74) is 0.946. The molecule has 0 fully saturated rings. The minimum absolute atomic E-state index is 0.00137. The number of hydrogen-bond donors (Lipinski definition) is 4. The van der Waals surface area contributed by atoms with Crippen molar-refractivity contribution in [3.05, 3.63) is 91.2 Å². The van der Waals surface area contributed by atoms with Crippen LogP contribution in [0, 0.1) is 6.92 Å². The minimum atomic E-state index is -1.82. The van der Waals surface area contributed by atoms with Crippen LogP contribution < -0.4 is 26.7 Å². The third-order valence-electron chi connectivity index (χ3n) is 6.88. The fourth-order valence-corrected chi connectivity index (χ4v) is 4.47. The van der Waals surface area contributed by atoms with Crippen LogP contribution in [0.4, 0.5) is 5.82 Å². The Bertz CT molecular complexity index is 1800. The largest absolute Gasteiger partial charge is 0.493 e. The summed E-state index contributed by atoms with van der Waals surface area (Å²) < 4.78 is 14.6. The standard InChI is InChI=1S/C29H34N4O6.C2H2O4/c1-20-27(36)26-22(11-7-12-23(26)39-28(20)21-9-5-4-6-10-21)38-18-8-14-33(16-17-34)15-13-30-24-19-25(35)32(3)29(37)31(24)2;3-1(4)2(5)6/h4-7,9-12,19,30,34H,8,13-18H2,1-3H3;(H,3,4)(H,5,6). The average Bonchev–Trinajstić information content (AvgIpc) is 3.02. The summed E-state index contributed by atoms with van der Waals surface area (Å²) in [7, 11) is 3.04. The number of rotatable bonds is 12. The number of benzene rings is 2. The summed E-state index contributed by atoms with van der Waals surface area (Å²) in [6.07, 6.45) is 0.660. The van der Waals surface area contributed by atoms with Crippen LogP contribution in [-0.2, 0) is 23.7 Å². The Kier molecular flexibility index (Phi) is 12.2. The van der Waals surface area contributed by atoms with E-state index in [4.69, 9.17) is 29.0 Å². The lowest BCUT2D eigenvalue weighted by Gasteiger charge is -2.22. The van der Waals surface area contributed by atoms with Crippen molar-refractivity contribution in [2.45, 2.75) is 13.3 Å². The molecule has 0 atom stereocenters. The molecule has 2 aromatic heterocycles. The lowest BCUT2D eigenvalue weighted by molar-refractivity contribution is -0.159. The molecule has 0 spiro atoms. The molecule has 0 bridgehead atoms. The smallest absolute Gasteiger partial charge is 0.414 e. The highest BCUT2D eigenvalue weighted by molar-refractivity contribution is 6.27. The SMILES string of the molecule is Cc1c(-c2ccccc2)oc2cccc(OCCCN(CCO)CCNc3cc(=O)n(C)c(=O)n3C)c2c1=O.O=C(O)C(=O)O. The van der Waals surface area contributed by atoms with E-state index < -0.39 is 17.6 Å². The number of aliphatic hydroxyl groups excluding tert-OH is 1. The van der Waals surface area contributed by atoms with Gasteiger partial charge >= 0.3 is 17.6 Å². The third-order valence-corrected chi connectivity index (χ3v) is 6.88. The van der Waals surface area contributed by atoms with Gasteiger partial charge in [0.1, 0.15) is 28.3 Å². The van der Waals surface area contributed by atoms with Crippen molar-refractivity contribution in [2.24, 2.45) is 14.1 Å². The number of nitrogens with one attached hydrogen (secondary N) is 1. The van der Waals surface area contributed by atoms with Crippen molar-refractivity contribution < 1.29 is 34.1 Å². The molecule has 0 saturated heterocycles. The quantitative estimate of drug-likeness (QED) is 0.131. The van der Waals surface area contributed by atoms with Gasteiger partial charge in [0.15, 0.2) is 5.43 Å². The summed E-state index contributed by atoms with van der Waals surface area (Å²) in [5, 5.41) is 27.8. The molecule has 0 aliphatic rings. The van der Waals surface area contributed by atoms with Crippen molar-refractivity contribution in [1.29, 1.82) is 0 Å². The molecule has 4 N–H and O–H groups in total. The molecule has 0 aliphatic heterocycles. The number of carboxylic acids is 2. The van der Waals surface area contributed by atoms with Gasteiger partial charge in [-0.3, -0.25) is 23.6 Å². The number of nitrogens with zero attached hydrogens (tertiary/aromatic N) is 3. The van der Waals surface area contributed by atoms with Crippen LogP contribution >= 0.6 is 0 Å². The van der Waals surface area contributed by atoms with Crippen molar-refractivity contribution in [2.75, 3.05) is 44.7 Å². The first-order chi connectivity index (χ1) is 21.5. The minimum Gasteiger partial charge on any atom is -0.493 e. The zero-order chi connectivity index (χ0) is 33.1. The molecule has 0 saturated carbocycles. The second-order valence-electron chi connectivity index (χ2n) is 9.95. The predicted octanol–water partition coefficient (Wildman–Crippen LogP) is 1.50. The maximum absolute atomic E-state index is 13.3. The number of anilines is 1. The van der Waals surface area contributed by atoms with E-state index in [1.54, 1.807) is 32.2 Å². The molecular formula is C31H36N4O10. The molecule has 240 valence electrons. The summed E-state index contributed by atoms with van der Waals surface area (Å²) >= 11 is 0. The highest BCUT2D eigenvalue weighted by Gasteiger charge is 2.16. The molecular weight excluding hydrogens is 588 g/mol. The Labute approximate surface area is 257 Å². The monoisotopic (exact) mass is 624 g/mol. The molecule has 0 amide bonds. The average molecular weight is 625 g/mol. The van der Waals surface area contributed by atoms with Crippen LogP contribution in [0.15, 0.2) is 73.4 Å². The van der Waals surface area contributed by atoms with E-state index in [1.807, 2.05) is 30.3 Å². The molecule has 2 heterocycles. The Balaban J connectivity index is 0.000000838. The summed E-state index contributed by atoms with van der Waals surface area (Å²) in [4.78, 5) is 57.6. The molecule has 2 aromatic carbocycles. The van der Waals surface area contributed by atoms with E-state index in [9.17, 15) is 19.5 Å². The maximum atomic E-state index is 13.3. The Morgan fingerprint density at radius 2 is 1.62 bits per heavy atom. The van der Waals surface area contributed by atoms with Crippen LogP contribution in [0.5, 0.6) is 5.75 Å². The number of aromatic nitrogens is 2. The third kappa shape index (κ3) is 8.90. The van der Waals surface area contributed by atoms with Crippen LogP contribution in [0.1, 0.15) is 12.0 Å². The van der Waals surface area contributed by atoms with Crippen molar-refractivity contribution in [1.82, 2.24) is 14.0 Å². The molecule has 14 nitrogen and oxygen atoms in total. The molecule has 0 radical (unpaired) electrons. The van der Waals surface area contributed by atoms with Gasteiger partial charge < -0.3 is 29.8 Å². The lowest BCUT2D eigenvalue weighted by atomic mass is 10.1. The zero-order valence-corrected chi connectivity index (χ0v) is 25.2. The van der Waals surface area contributed by atoms with E-state index >= 15 is 0 Å². The van der Waals surface area contributed by atoms with E-state index in [0.717, 1.165) is 10.1 Å². The fourth-order valence-electron chi connectivity index (χ4n) is 4.47. The molecule has 4 aromatic rings. The Hall–Kier alpha value is -5.21. The maximum Gasteiger partial charge on any atom is 0.414 e. The predicted molar refractivity (Wildman–Crippen MR) is 167 cm³/mol. The van der Waals surface area contributed by atoms with E-state index in [1.165, 1.54) is 17.7 Å². The first kappa shape index (κ1) is 34.3. The number of aliphatic hydroxyl groups is 1. The van der Waals surface area contributed by atoms with Gasteiger partial charge in [-0.15, -0.1) is 0 Å². The van der Waals surface area contributed by atoms with Gasteiger partial charge in [0.2, 0.25) is 0 Å². The molecule has 0 aliphatic carbocycles. The van der Waals surface area contributed by atoms with Crippen LogP contribution in [0.25, 0.3) is 22.3 Å². The van der Waals surface area contributed by atoms with Crippen molar-refractivity contribution >= 4 is 28.7 Å². The number of aliphatic carboxylic acids is 2. The van der Waals surface area contributed by atoms with Crippen LogP contribution in [0.3, 0.4) is 0 Å². The Morgan fingerprint density at radius 1 is 0.933 bits per heavy atom. The highest BCUT2D eigenvalue weighted by atomic mass is 16.5. The van der Waals surface area contributed by atoms with Crippen LogP contribution in [0.2, 0.25) is 0 Å². The van der Waals surface area contributed by atoms with E-state index in [-0.39, 0.29) is 17.6 Å². The van der Waals surface area contributed by atoms with Gasteiger partial charge in [-0.25, -0.2) is 14.4 Å². The first-order valence-electron chi connectivity index (χ1n) is 14.0. The molecule has 4 rings (SSSR count). The normalized spacial score (nSPS) is 10.8. The van der Waals surface area contributed by atoms with E-state index in [0.29, 0.717) is 73.1 Å². The van der Waals surface area contributed by atoms with Gasteiger partial charge in [-0.2, -0.15) is 0 Å². The van der Waals surface area contributed by atoms with Crippen molar-refractivity contribution in [3.63, 3.8) is 0 Å².